The number of nitrogens with zero attached hydrogens (tertiary/aromatic N) is 1. The number of imidazole rings is 1. The Hall–Kier alpha value is -1.58. The van der Waals surface area contributed by atoms with Gasteiger partial charge in [-0.25, -0.2) is 9.37 Å². The van der Waals surface area contributed by atoms with E-state index in [1.54, 1.807) is 6.07 Å². The summed E-state index contributed by atoms with van der Waals surface area (Å²) in [7, 11) is 0. The molecular weight excluding hydrogens is 217 g/mol. The molecule has 2 N–H and O–H groups in total. The molecule has 1 saturated carbocycles. The monoisotopic (exact) mass is 233 g/mol. The summed E-state index contributed by atoms with van der Waals surface area (Å²) in [5, 5.41) is 3.26. The first-order valence-corrected chi connectivity index (χ1v) is 6.20. The minimum Gasteiger partial charge on any atom is -0.356 e. The number of aromatic nitrogens is 2. The maximum atomic E-state index is 13.0. The number of aromatic amines is 1. The van der Waals surface area contributed by atoms with Crippen molar-refractivity contribution >= 4 is 17.0 Å². The molecule has 0 radical (unpaired) electrons. The zero-order valence-corrected chi connectivity index (χ0v) is 9.67. The van der Waals surface area contributed by atoms with E-state index in [0.717, 1.165) is 29.4 Å². The van der Waals surface area contributed by atoms with Crippen molar-refractivity contribution < 1.29 is 4.39 Å². The summed E-state index contributed by atoms with van der Waals surface area (Å²) in [6.07, 6.45) is 5.32. The number of fused-ring (bicyclic) bond motifs is 1. The minimum absolute atomic E-state index is 0.234. The molecule has 17 heavy (non-hydrogen) atoms. The lowest BCUT2D eigenvalue weighted by Crippen LogP contribution is -2.15. The average Bonchev–Trinajstić information content (AvgIpc) is 2.63. The van der Waals surface area contributed by atoms with E-state index in [4.69, 9.17) is 0 Å². The van der Waals surface area contributed by atoms with Gasteiger partial charge in [0.1, 0.15) is 5.82 Å². The van der Waals surface area contributed by atoms with E-state index in [-0.39, 0.29) is 5.82 Å². The van der Waals surface area contributed by atoms with E-state index in [1.807, 2.05) is 0 Å². The van der Waals surface area contributed by atoms with Crippen LogP contribution in [0.2, 0.25) is 0 Å². The number of benzene rings is 1. The van der Waals surface area contributed by atoms with Gasteiger partial charge in [0.15, 0.2) is 0 Å². The van der Waals surface area contributed by atoms with Crippen LogP contribution in [0.3, 0.4) is 0 Å². The van der Waals surface area contributed by atoms with Crippen molar-refractivity contribution in [2.24, 2.45) is 5.92 Å². The number of rotatable bonds is 4. The fraction of sp³-hybridized carbons (Fsp3) is 0.462. The molecule has 3 nitrogen and oxygen atoms in total. The van der Waals surface area contributed by atoms with Gasteiger partial charge >= 0.3 is 0 Å². The second kappa shape index (κ2) is 4.35. The fourth-order valence-corrected chi connectivity index (χ4v) is 2.24. The number of anilines is 1. The van der Waals surface area contributed by atoms with Crippen molar-refractivity contribution in [1.29, 1.82) is 0 Å². The van der Waals surface area contributed by atoms with Crippen LogP contribution in [-0.4, -0.2) is 16.5 Å². The Labute approximate surface area is 99.4 Å². The second-order valence-corrected chi connectivity index (χ2v) is 4.76. The predicted molar refractivity (Wildman–Crippen MR) is 66.5 cm³/mol. The molecule has 0 saturated heterocycles. The molecule has 1 aliphatic carbocycles. The summed E-state index contributed by atoms with van der Waals surface area (Å²) in [5.74, 6) is 1.40. The lowest BCUT2D eigenvalue weighted by molar-refractivity contribution is 0.303. The van der Waals surface area contributed by atoms with Gasteiger partial charge in [-0.15, -0.1) is 0 Å². The van der Waals surface area contributed by atoms with Crippen LogP contribution in [-0.2, 0) is 0 Å². The smallest absolute Gasteiger partial charge is 0.201 e. The van der Waals surface area contributed by atoms with Gasteiger partial charge in [0.2, 0.25) is 5.95 Å². The lowest BCUT2D eigenvalue weighted by atomic mass is 9.83. The minimum atomic E-state index is -0.234. The first-order chi connectivity index (χ1) is 8.31. The fourth-order valence-electron chi connectivity index (χ4n) is 2.24. The second-order valence-electron chi connectivity index (χ2n) is 4.76. The summed E-state index contributed by atoms with van der Waals surface area (Å²) in [6.45, 7) is 0.937. The van der Waals surface area contributed by atoms with Crippen LogP contribution >= 0.6 is 0 Å². The molecule has 0 unspecified atom stereocenters. The van der Waals surface area contributed by atoms with Crippen LogP contribution in [0, 0.1) is 11.7 Å². The van der Waals surface area contributed by atoms with Gasteiger partial charge < -0.3 is 10.3 Å². The van der Waals surface area contributed by atoms with Crippen LogP contribution in [0.4, 0.5) is 10.3 Å². The van der Waals surface area contributed by atoms with Crippen molar-refractivity contribution in [3.63, 3.8) is 0 Å². The molecule has 0 bridgehead atoms. The van der Waals surface area contributed by atoms with E-state index in [1.165, 1.54) is 37.8 Å². The Kier molecular flexibility index (Phi) is 2.71. The SMILES string of the molecule is Fc1ccc2nc(NCCC3CCC3)[nH]c2c1. The highest BCUT2D eigenvalue weighted by molar-refractivity contribution is 5.77. The van der Waals surface area contributed by atoms with Crippen LogP contribution in [0.1, 0.15) is 25.7 Å². The van der Waals surface area contributed by atoms with Crippen LogP contribution in [0.5, 0.6) is 0 Å². The van der Waals surface area contributed by atoms with Crippen molar-refractivity contribution in [1.82, 2.24) is 9.97 Å². The number of hydrogen-bond acceptors (Lipinski definition) is 2. The molecule has 4 heteroatoms. The third-order valence-corrected chi connectivity index (χ3v) is 3.51. The van der Waals surface area contributed by atoms with Crippen molar-refractivity contribution in [2.45, 2.75) is 25.7 Å². The third kappa shape index (κ3) is 2.25. The summed E-state index contributed by atoms with van der Waals surface area (Å²) in [4.78, 5) is 7.45. The summed E-state index contributed by atoms with van der Waals surface area (Å²) < 4.78 is 13.0. The topological polar surface area (TPSA) is 40.7 Å². The Morgan fingerprint density at radius 1 is 1.41 bits per heavy atom. The summed E-state index contributed by atoms with van der Waals surface area (Å²) in [5.41, 5.74) is 1.55. The molecule has 1 fully saturated rings. The van der Waals surface area contributed by atoms with Crippen molar-refractivity contribution in [3.8, 4) is 0 Å². The average molecular weight is 233 g/mol. The van der Waals surface area contributed by atoms with Crippen molar-refractivity contribution in [3.05, 3.63) is 24.0 Å². The molecule has 1 aliphatic rings. The number of H-pyrrole nitrogens is 1. The molecule has 3 rings (SSSR count). The highest BCUT2D eigenvalue weighted by Crippen LogP contribution is 2.29. The third-order valence-electron chi connectivity index (χ3n) is 3.51. The maximum absolute atomic E-state index is 13.0. The molecule has 0 amide bonds. The van der Waals surface area contributed by atoms with Gasteiger partial charge in [-0.2, -0.15) is 0 Å². The summed E-state index contributed by atoms with van der Waals surface area (Å²) in [6, 6.07) is 4.60. The lowest BCUT2D eigenvalue weighted by Gasteiger charge is -2.24. The highest BCUT2D eigenvalue weighted by atomic mass is 19.1. The maximum Gasteiger partial charge on any atom is 0.201 e. The Morgan fingerprint density at radius 3 is 3.06 bits per heavy atom. The number of nitrogens with one attached hydrogen (secondary N) is 2. The standard InChI is InChI=1S/C13H16FN3/c14-10-4-5-11-12(8-10)17-13(16-11)15-7-6-9-2-1-3-9/h4-5,8-9H,1-3,6-7H2,(H2,15,16,17). The van der Waals surface area contributed by atoms with E-state index >= 15 is 0 Å². The molecular formula is C13H16FN3. The first-order valence-electron chi connectivity index (χ1n) is 6.20. The van der Waals surface area contributed by atoms with Crippen molar-refractivity contribution in [2.75, 3.05) is 11.9 Å². The van der Waals surface area contributed by atoms with Gasteiger partial charge in [-0.05, 0) is 30.5 Å². The Bertz CT molecular complexity index is 516. The molecule has 2 aromatic rings. The van der Waals surface area contributed by atoms with E-state index in [0.29, 0.717) is 0 Å². The quantitative estimate of drug-likeness (QED) is 0.850. The molecule has 1 aromatic carbocycles. The predicted octanol–water partition coefficient (Wildman–Crippen LogP) is 3.30. The van der Waals surface area contributed by atoms with Gasteiger partial charge in [0.25, 0.3) is 0 Å². The number of halogens is 1. The van der Waals surface area contributed by atoms with E-state index in [9.17, 15) is 4.39 Å². The van der Waals surface area contributed by atoms with Gasteiger partial charge in [-0.1, -0.05) is 19.3 Å². The molecule has 0 atom stereocenters. The molecule has 0 spiro atoms. The Morgan fingerprint density at radius 2 is 2.29 bits per heavy atom. The summed E-state index contributed by atoms with van der Waals surface area (Å²) >= 11 is 0. The van der Waals surface area contributed by atoms with Gasteiger partial charge in [0, 0.05) is 6.54 Å². The molecule has 90 valence electrons. The largest absolute Gasteiger partial charge is 0.356 e. The van der Waals surface area contributed by atoms with Crippen LogP contribution < -0.4 is 5.32 Å². The van der Waals surface area contributed by atoms with E-state index < -0.39 is 0 Å². The zero-order chi connectivity index (χ0) is 11.7. The zero-order valence-electron chi connectivity index (χ0n) is 9.67. The Balaban J connectivity index is 1.64. The van der Waals surface area contributed by atoms with Gasteiger partial charge in [-0.3, -0.25) is 0 Å². The first kappa shape index (κ1) is 10.6. The molecule has 1 heterocycles. The number of hydrogen-bond donors (Lipinski definition) is 2. The normalized spacial score (nSPS) is 16.1. The molecule has 1 aromatic heterocycles. The molecule has 0 aliphatic heterocycles. The van der Waals surface area contributed by atoms with Crippen LogP contribution in [0.25, 0.3) is 11.0 Å². The van der Waals surface area contributed by atoms with Crippen LogP contribution in [0.15, 0.2) is 18.2 Å². The van der Waals surface area contributed by atoms with Gasteiger partial charge in [0.05, 0.1) is 11.0 Å². The van der Waals surface area contributed by atoms with E-state index in [2.05, 4.69) is 15.3 Å². The highest BCUT2D eigenvalue weighted by Gasteiger charge is 2.16.